The van der Waals surface area contributed by atoms with Crippen molar-refractivity contribution in [1.29, 1.82) is 0 Å². The van der Waals surface area contributed by atoms with Crippen molar-refractivity contribution < 1.29 is 13.2 Å². The maximum absolute atomic E-state index is 12.1. The number of rotatable bonds is 7. The van der Waals surface area contributed by atoms with Gasteiger partial charge in [0.2, 0.25) is 10.0 Å². The van der Waals surface area contributed by atoms with Crippen molar-refractivity contribution in [3.63, 3.8) is 0 Å². The van der Waals surface area contributed by atoms with Crippen molar-refractivity contribution in [3.05, 3.63) is 0 Å². The van der Waals surface area contributed by atoms with Crippen LogP contribution in [0.2, 0.25) is 0 Å². The molecule has 146 valence electrons. The Morgan fingerprint density at radius 2 is 2.04 bits per heavy atom. The molecule has 1 saturated heterocycles. The minimum absolute atomic E-state index is 0.0132. The SMILES string of the molecule is CN=C(NCCS(=O)(=O)NCC1CCCCO1)NC1CCCC(C)C1. The van der Waals surface area contributed by atoms with Gasteiger partial charge in [-0.05, 0) is 38.0 Å². The van der Waals surface area contributed by atoms with Gasteiger partial charge in [-0.3, -0.25) is 4.99 Å². The lowest BCUT2D eigenvalue weighted by Crippen LogP contribution is -2.47. The molecule has 3 N–H and O–H groups in total. The third-order valence-electron chi connectivity index (χ3n) is 4.97. The molecule has 2 rings (SSSR count). The van der Waals surface area contributed by atoms with E-state index in [0.29, 0.717) is 25.1 Å². The highest BCUT2D eigenvalue weighted by Gasteiger charge is 2.20. The number of nitrogens with one attached hydrogen (secondary N) is 3. The topological polar surface area (TPSA) is 91.8 Å². The summed E-state index contributed by atoms with van der Waals surface area (Å²) in [5, 5.41) is 6.52. The molecule has 2 aliphatic rings. The Bertz CT molecular complexity index is 518. The Morgan fingerprint density at radius 1 is 1.20 bits per heavy atom. The van der Waals surface area contributed by atoms with E-state index in [0.717, 1.165) is 44.6 Å². The lowest BCUT2D eigenvalue weighted by molar-refractivity contribution is 0.0200. The predicted octanol–water partition coefficient (Wildman–Crippen LogP) is 1.22. The van der Waals surface area contributed by atoms with E-state index in [1.54, 1.807) is 7.05 Å². The molecule has 0 spiro atoms. The van der Waals surface area contributed by atoms with Crippen molar-refractivity contribution in [2.75, 3.05) is 32.5 Å². The van der Waals surface area contributed by atoms with Gasteiger partial charge in [-0.1, -0.05) is 19.8 Å². The van der Waals surface area contributed by atoms with E-state index in [1.807, 2.05) is 0 Å². The van der Waals surface area contributed by atoms with Crippen molar-refractivity contribution in [2.45, 2.75) is 64.0 Å². The summed E-state index contributed by atoms with van der Waals surface area (Å²) in [5.74, 6) is 1.45. The maximum Gasteiger partial charge on any atom is 0.213 e. The van der Waals surface area contributed by atoms with Gasteiger partial charge in [0, 0.05) is 32.8 Å². The van der Waals surface area contributed by atoms with E-state index >= 15 is 0 Å². The third kappa shape index (κ3) is 7.92. The second kappa shape index (κ2) is 10.3. The molecule has 3 unspecified atom stereocenters. The van der Waals surface area contributed by atoms with Gasteiger partial charge in [0.1, 0.15) is 0 Å². The van der Waals surface area contributed by atoms with Crippen LogP contribution in [0.4, 0.5) is 0 Å². The molecule has 0 aromatic rings. The van der Waals surface area contributed by atoms with E-state index in [2.05, 4.69) is 27.3 Å². The first-order valence-electron chi connectivity index (χ1n) is 9.54. The highest BCUT2D eigenvalue weighted by Crippen LogP contribution is 2.23. The van der Waals surface area contributed by atoms with Gasteiger partial charge in [0.15, 0.2) is 5.96 Å². The zero-order chi connectivity index (χ0) is 18.1. The molecule has 1 aliphatic heterocycles. The fourth-order valence-corrected chi connectivity index (χ4v) is 4.47. The summed E-state index contributed by atoms with van der Waals surface area (Å²) in [6.45, 7) is 3.71. The zero-order valence-corrected chi connectivity index (χ0v) is 16.4. The van der Waals surface area contributed by atoms with Crippen LogP contribution in [0.1, 0.15) is 51.9 Å². The van der Waals surface area contributed by atoms with Gasteiger partial charge in [-0.15, -0.1) is 0 Å². The molecule has 0 radical (unpaired) electrons. The average molecular weight is 375 g/mol. The summed E-state index contributed by atoms with van der Waals surface area (Å²) in [6, 6.07) is 0.424. The molecule has 8 heteroatoms. The molecule has 1 aliphatic carbocycles. The molecule has 3 atom stereocenters. The Kier molecular flexibility index (Phi) is 8.45. The largest absolute Gasteiger partial charge is 0.377 e. The van der Waals surface area contributed by atoms with Crippen molar-refractivity contribution >= 4 is 16.0 Å². The first-order valence-corrected chi connectivity index (χ1v) is 11.2. The van der Waals surface area contributed by atoms with Crippen LogP contribution in [0.25, 0.3) is 0 Å². The average Bonchev–Trinajstić information content (AvgIpc) is 2.60. The minimum atomic E-state index is -3.30. The summed E-state index contributed by atoms with van der Waals surface area (Å²) < 4.78 is 32.4. The molecule has 7 nitrogen and oxygen atoms in total. The van der Waals surface area contributed by atoms with Gasteiger partial charge in [0.25, 0.3) is 0 Å². The van der Waals surface area contributed by atoms with Crippen molar-refractivity contribution in [2.24, 2.45) is 10.9 Å². The number of hydrogen-bond acceptors (Lipinski definition) is 4. The predicted molar refractivity (Wildman–Crippen MR) is 101 cm³/mol. The number of aliphatic imine (C=N–C) groups is 1. The normalized spacial score (nSPS) is 28.6. The number of hydrogen-bond donors (Lipinski definition) is 3. The summed E-state index contributed by atoms with van der Waals surface area (Å²) in [6.07, 6.45) is 7.93. The minimum Gasteiger partial charge on any atom is -0.377 e. The van der Waals surface area contributed by atoms with E-state index in [9.17, 15) is 8.42 Å². The Hall–Kier alpha value is -0.860. The molecule has 0 aromatic heterocycles. The highest BCUT2D eigenvalue weighted by molar-refractivity contribution is 7.89. The van der Waals surface area contributed by atoms with Crippen LogP contribution in [-0.2, 0) is 14.8 Å². The van der Waals surface area contributed by atoms with E-state index in [-0.39, 0.29) is 11.9 Å². The first-order chi connectivity index (χ1) is 12.0. The standard InChI is InChI=1S/C17H34N4O3S/c1-14-6-5-7-15(12-14)21-17(18-2)19-9-11-25(22,23)20-13-16-8-3-4-10-24-16/h14-16,20H,3-13H2,1-2H3,(H2,18,19,21). The summed E-state index contributed by atoms with van der Waals surface area (Å²) in [7, 11) is -1.58. The van der Waals surface area contributed by atoms with E-state index in [1.165, 1.54) is 12.8 Å². The van der Waals surface area contributed by atoms with Crippen LogP contribution in [-0.4, -0.2) is 59.0 Å². The van der Waals surface area contributed by atoms with Crippen molar-refractivity contribution in [1.82, 2.24) is 15.4 Å². The molecule has 0 aromatic carbocycles. The maximum atomic E-state index is 12.1. The Labute approximate surface area is 152 Å². The summed E-state index contributed by atoms with van der Waals surface area (Å²) >= 11 is 0. The molecule has 2 fully saturated rings. The molecular weight excluding hydrogens is 340 g/mol. The van der Waals surface area contributed by atoms with Gasteiger partial charge in [-0.2, -0.15) is 0 Å². The Morgan fingerprint density at radius 3 is 2.72 bits per heavy atom. The molecule has 25 heavy (non-hydrogen) atoms. The highest BCUT2D eigenvalue weighted by atomic mass is 32.2. The number of ether oxygens (including phenoxy) is 1. The first kappa shape index (κ1) is 20.5. The molecule has 0 amide bonds. The van der Waals surface area contributed by atoms with Crippen LogP contribution in [0, 0.1) is 5.92 Å². The lowest BCUT2D eigenvalue weighted by atomic mass is 9.87. The van der Waals surface area contributed by atoms with Crippen LogP contribution < -0.4 is 15.4 Å². The smallest absolute Gasteiger partial charge is 0.213 e. The van der Waals surface area contributed by atoms with Gasteiger partial charge in [0.05, 0.1) is 11.9 Å². The van der Waals surface area contributed by atoms with Gasteiger partial charge in [-0.25, -0.2) is 13.1 Å². The van der Waals surface area contributed by atoms with Crippen LogP contribution >= 0.6 is 0 Å². The molecule has 1 saturated carbocycles. The number of sulfonamides is 1. The summed E-state index contributed by atoms with van der Waals surface area (Å²) in [5.41, 5.74) is 0. The van der Waals surface area contributed by atoms with E-state index in [4.69, 9.17) is 4.74 Å². The second-order valence-corrected chi connectivity index (χ2v) is 9.19. The van der Waals surface area contributed by atoms with Gasteiger partial charge >= 0.3 is 0 Å². The van der Waals surface area contributed by atoms with Gasteiger partial charge < -0.3 is 15.4 Å². The monoisotopic (exact) mass is 374 g/mol. The Balaban J connectivity index is 1.66. The molecule has 0 bridgehead atoms. The van der Waals surface area contributed by atoms with Crippen LogP contribution in [0.15, 0.2) is 4.99 Å². The molecule has 1 heterocycles. The van der Waals surface area contributed by atoms with Crippen LogP contribution in [0.3, 0.4) is 0 Å². The summed E-state index contributed by atoms with van der Waals surface area (Å²) in [4.78, 5) is 4.21. The molecular formula is C17H34N4O3S. The quantitative estimate of drug-likeness (QED) is 0.460. The van der Waals surface area contributed by atoms with Crippen LogP contribution in [0.5, 0.6) is 0 Å². The second-order valence-electron chi connectivity index (χ2n) is 7.27. The lowest BCUT2D eigenvalue weighted by Gasteiger charge is -2.28. The fourth-order valence-electron chi connectivity index (χ4n) is 3.52. The number of guanidine groups is 1. The van der Waals surface area contributed by atoms with Crippen molar-refractivity contribution in [3.8, 4) is 0 Å². The third-order valence-corrected chi connectivity index (χ3v) is 6.32. The van der Waals surface area contributed by atoms with E-state index < -0.39 is 10.0 Å². The fraction of sp³-hybridized carbons (Fsp3) is 0.941. The number of nitrogens with zero attached hydrogens (tertiary/aromatic N) is 1. The zero-order valence-electron chi connectivity index (χ0n) is 15.6.